The van der Waals surface area contributed by atoms with E-state index >= 15 is 0 Å². The number of thiophene rings is 1. The third kappa shape index (κ3) is 2.05. The van der Waals surface area contributed by atoms with Crippen LogP contribution in [-0.4, -0.2) is 8.75 Å². The van der Waals surface area contributed by atoms with Crippen molar-refractivity contribution in [2.24, 2.45) is 0 Å². The van der Waals surface area contributed by atoms with Crippen LogP contribution in [0.2, 0.25) is 5.02 Å². The number of nitrogens with zero attached hydrogens (tertiary/aromatic N) is 2. The summed E-state index contributed by atoms with van der Waals surface area (Å²) in [7, 11) is 0. The Bertz CT molecular complexity index is 949. The van der Waals surface area contributed by atoms with Crippen LogP contribution in [0.15, 0.2) is 47.8 Å². The van der Waals surface area contributed by atoms with Gasteiger partial charge in [0.1, 0.15) is 11.0 Å². The van der Waals surface area contributed by atoms with Crippen molar-refractivity contribution < 1.29 is 4.39 Å². The van der Waals surface area contributed by atoms with Crippen LogP contribution in [0, 0.1) is 5.82 Å². The third-order valence-corrected chi connectivity index (χ3v) is 5.19. The minimum absolute atomic E-state index is 0.0986. The molecule has 0 radical (unpaired) electrons. The standard InChI is InChI=1S/C16H8ClFN2S2/c17-13-12(10-7-4-8-21-10)16-15(19-22-20-16)11(14(13)18)9-5-2-1-3-6-9/h1-8H. The second-order valence-electron chi connectivity index (χ2n) is 4.68. The predicted molar refractivity (Wildman–Crippen MR) is 91.1 cm³/mol. The zero-order valence-electron chi connectivity index (χ0n) is 11.1. The summed E-state index contributed by atoms with van der Waals surface area (Å²) in [6, 6.07) is 13.1. The highest BCUT2D eigenvalue weighted by Gasteiger charge is 2.23. The van der Waals surface area contributed by atoms with Gasteiger partial charge in [0.05, 0.1) is 16.8 Å². The molecule has 2 heterocycles. The average molecular weight is 347 g/mol. The Labute approximate surface area is 139 Å². The SMILES string of the molecule is Fc1c(Cl)c(-c2cccs2)c2nsnc2c1-c1ccccc1. The molecule has 0 saturated heterocycles. The summed E-state index contributed by atoms with van der Waals surface area (Å²) in [5, 5.41) is 2.03. The van der Waals surface area contributed by atoms with Gasteiger partial charge in [0.15, 0.2) is 5.82 Å². The molecule has 6 heteroatoms. The normalized spacial score (nSPS) is 11.2. The predicted octanol–water partition coefficient (Wildman–Crippen LogP) is 5.88. The molecule has 4 aromatic rings. The van der Waals surface area contributed by atoms with Gasteiger partial charge in [-0.3, -0.25) is 0 Å². The Balaban J connectivity index is 2.12. The van der Waals surface area contributed by atoms with E-state index in [-0.39, 0.29) is 5.02 Å². The van der Waals surface area contributed by atoms with Gasteiger partial charge in [-0.2, -0.15) is 8.75 Å². The van der Waals surface area contributed by atoms with Crippen molar-refractivity contribution in [3.8, 4) is 21.6 Å². The van der Waals surface area contributed by atoms with Gasteiger partial charge >= 0.3 is 0 Å². The van der Waals surface area contributed by atoms with Crippen LogP contribution in [0.1, 0.15) is 0 Å². The number of hydrogen-bond acceptors (Lipinski definition) is 4. The maximum Gasteiger partial charge on any atom is 0.152 e. The molecule has 0 saturated carbocycles. The van der Waals surface area contributed by atoms with Gasteiger partial charge in [0.25, 0.3) is 0 Å². The first-order valence-corrected chi connectivity index (χ1v) is 8.48. The van der Waals surface area contributed by atoms with Crippen molar-refractivity contribution >= 4 is 45.7 Å². The molecule has 2 nitrogen and oxygen atoms in total. The molecule has 0 spiro atoms. The van der Waals surface area contributed by atoms with E-state index < -0.39 is 5.82 Å². The van der Waals surface area contributed by atoms with Crippen LogP contribution in [-0.2, 0) is 0 Å². The number of hydrogen-bond donors (Lipinski definition) is 0. The molecule has 0 unspecified atom stereocenters. The Kier molecular flexibility index (Phi) is 3.41. The Morgan fingerprint density at radius 2 is 1.64 bits per heavy atom. The molecule has 2 aromatic heterocycles. The summed E-state index contributed by atoms with van der Waals surface area (Å²) in [6.07, 6.45) is 0. The second kappa shape index (κ2) is 5.43. The molecule has 0 atom stereocenters. The fraction of sp³-hybridized carbons (Fsp3) is 0. The van der Waals surface area contributed by atoms with E-state index in [9.17, 15) is 4.39 Å². The Morgan fingerprint density at radius 1 is 0.909 bits per heavy atom. The van der Waals surface area contributed by atoms with Gasteiger partial charge in [0.2, 0.25) is 0 Å². The van der Waals surface area contributed by atoms with Crippen molar-refractivity contribution in [3.63, 3.8) is 0 Å². The number of rotatable bonds is 2. The molecule has 0 aliphatic heterocycles. The molecule has 22 heavy (non-hydrogen) atoms. The summed E-state index contributed by atoms with van der Waals surface area (Å²) in [4.78, 5) is 0.890. The smallest absolute Gasteiger partial charge is 0.152 e. The van der Waals surface area contributed by atoms with Crippen molar-refractivity contribution in [2.45, 2.75) is 0 Å². The molecule has 0 aliphatic carbocycles. The van der Waals surface area contributed by atoms with Gasteiger partial charge in [-0.05, 0) is 17.0 Å². The fourth-order valence-electron chi connectivity index (χ4n) is 2.46. The quantitative estimate of drug-likeness (QED) is 0.453. The molecular formula is C16H8ClFN2S2. The third-order valence-electron chi connectivity index (χ3n) is 3.42. The van der Waals surface area contributed by atoms with E-state index in [4.69, 9.17) is 11.6 Å². The zero-order chi connectivity index (χ0) is 15.1. The van der Waals surface area contributed by atoms with Crippen LogP contribution < -0.4 is 0 Å². The van der Waals surface area contributed by atoms with E-state index in [1.807, 2.05) is 47.8 Å². The first-order chi connectivity index (χ1) is 10.8. The van der Waals surface area contributed by atoms with Gasteiger partial charge in [0, 0.05) is 16.0 Å². The van der Waals surface area contributed by atoms with E-state index in [0.717, 1.165) is 22.2 Å². The monoisotopic (exact) mass is 346 g/mol. The van der Waals surface area contributed by atoms with E-state index in [2.05, 4.69) is 8.75 Å². The summed E-state index contributed by atoms with van der Waals surface area (Å²) in [5.41, 5.74) is 2.99. The first kappa shape index (κ1) is 13.8. The molecular weight excluding hydrogens is 339 g/mol. The highest BCUT2D eigenvalue weighted by atomic mass is 35.5. The lowest BCUT2D eigenvalue weighted by molar-refractivity contribution is 0.633. The van der Waals surface area contributed by atoms with Gasteiger partial charge < -0.3 is 0 Å². The molecule has 0 bridgehead atoms. The lowest BCUT2D eigenvalue weighted by Gasteiger charge is -2.10. The van der Waals surface area contributed by atoms with Crippen molar-refractivity contribution in [3.05, 3.63) is 58.7 Å². The summed E-state index contributed by atoms with van der Waals surface area (Å²) >= 11 is 8.92. The number of aromatic nitrogens is 2. The topological polar surface area (TPSA) is 25.8 Å². The largest absolute Gasteiger partial charge is 0.205 e. The molecule has 0 fully saturated rings. The summed E-state index contributed by atoms with van der Waals surface area (Å²) < 4.78 is 23.6. The summed E-state index contributed by atoms with van der Waals surface area (Å²) in [5.74, 6) is -0.448. The Hall–Kier alpha value is -1.82. The second-order valence-corrected chi connectivity index (χ2v) is 6.54. The minimum Gasteiger partial charge on any atom is -0.205 e. The molecule has 108 valence electrons. The van der Waals surface area contributed by atoms with Crippen LogP contribution >= 0.6 is 34.7 Å². The number of halogens is 2. The number of benzene rings is 2. The van der Waals surface area contributed by atoms with Crippen LogP contribution in [0.25, 0.3) is 32.6 Å². The van der Waals surface area contributed by atoms with Crippen LogP contribution in [0.4, 0.5) is 4.39 Å². The summed E-state index contributed by atoms with van der Waals surface area (Å²) in [6.45, 7) is 0. The lowest BCUT2D eigenvalue weighted by Crippen LogP contribution is -1.92. The highest BCUT2D eigenvalue weighted by molar-refractivity contribution is 7.13. The molecule has 0 aliphatic rings. The zero-order valence-corrected chi connectivity index (χ0v) is 13.5. The van der Waals surface area contributed by atoms with E-state index in [1.165, 1.54) is 11.3 Å². The number of fused-ring (bicyclic) bond motifs is 1. The van der Waals surface area contributed by atoms with Gasteiger partial charge in [-0.1, -0.05) is 48.0 Å². The molecule has 4 rings (SSSR count). The molecule has 2 aromatic carbocycles. The van der Waals surface area contributed by atoms with Crippen LogP contribution in [0.3, 0.4) is 0 Å². The lowest BCUT2D eigenvalue weighted by atomic mass is 10.00. The highest BCUT2D eigenvalue weighted by Crippen LogP contribution is 2.43. The Morgan fingerprint density at radius 3 is 2.32 bits per heavy atom. The van der Waals surface area contributed by atoms with E-state index in [0.29, 0.717) is 22.2 Å². The first-order valence-electron chi connectivity index (χ1n) is 6.50. The fourth-order valence-corrected chi connectivity index (χ4v) is 4.14. The maximum atomic E-state index is 15.0. The van der Waals surface area contributed by atoms with Crippen LogP contribution in [0.5, 0.6) is 0 Å². The minimum atomic E-state index is -0.448. The van der Waals surface area contributed by atoms with E-state index in [1.54, 1.807) is 0 Å². The van der Waals surface area contributed by atoms with Gasteiger partial charge in [-0.25, -0.2) is 4.39 Å². The van der Waals surface area contributed by atoms with Gasteiger partial charge in [-0.15, -0.1) is 11.3 Å². The maximum absolute atomic E-state index is 15.0. The van der Waals surface area contributed by atoms with Crippen molar-refractivity contribution in [2.75, 3.05) is 0 Å². The molecule has 0 amide bonds. The van der Waals surface area contributed by atoms with Crippen molar-refractivity contribution in [1.29, 1.82) is 0 Å². The average Bonchev–Trinajstić information content (AvgIpc) is 3.21. The molecule has 0 N–H and O–H groups in total. The van der Waals surface area contributed by atoms with Crippen molar-refractivity contribution in [1.82, 2.24) is 8.75 Å².